The van der Waals surface area contributed by atoms with E-state index in [2.05, 4.69) is 10.5 Å². The van der Waals surface area contributed by atoms with E-state index in [0.29, 0.717) is 50.1 Å². The number of morpholine rings is 1. The highest BCUT2D eigenvalue weighted by Crippen LogP contribution is 2.22. The zero-order valence-corrected chi connectivity index (χ0v) is 16.6. The fraction of sp³-hybridized carbons (Fsp3) is 0.444. The average Bonchev–Trinajstić information content (AvgIpc) is 3.11. The minimum absolute atomic E-state index is 0.178. The molecule has 0 bridgehead atoms. The number of nitrogens with one attached hydrogen (secondary N) is 1. The van der Waals surface area contributed by atoms with Gasteiger partial charge in [-0.15, -0.1) is 0 Å². The minimum Gasteiger partial charge on any atom is -0.481 e. The molecule has 0 spiro atoms. The highest BCUT2D eigenvalue weighted by Gasteiger charge is 2.26. The Balaban J connectivity index is 1.65. The minimum atomic E-state index is -3.57. The molecule has 1 amide bonds. The standard InChI is InChI=1S/C18H23N3O6S/c1-3-16(18(22)19-17-12-13(2)27-20-17)26-14-4-6-15(7-5-14)28(23,24)21-8-10-25-11-9-21/h4-7,12,16H,3,8-11H2,1-2H3,(H,19,20,22). The van der Waals surface area contributed by atoms with Gasteiger partial charge in [-0.2, -0.15) is 4.31 Å². The predicted molar refractivity (Wildman–Crippen MR) is 101 cm³/mol. The molecule has 1 aromatic heterocycles. The lowest BCUT2D eigenvalue weighted by Crippen LogP contribution is -2.40. The molecule has 1 N–H and O–H groups in total. The normalized spacial score (nSPS) is 16.5. The van der Waals surface area contributed by atoms with Crippen LogP contribution in [0.15, 0.2) is 39.8 Å². The fourth-order valence-corrected chi connectivity index (χ4v) is 4.15. The summed E-state index contributed by atoms with van der Waals surface area (Å²) in [5, 5.41) is 6.35. The largest absolute Gasteiger partial charge is 0.481 e. The van der Waals surface area contributed by atoms with Gasteiger partial charge in [0.05, 0.1) is 18.1 Å². The SMILES string of the molecule is CCC(Oc1ccc(S(=O)(=O)N2CCOCC2)cc1)C(=O)Nc1cc(C)on1. The lowest BCUT2D eigenvalue weighted by Gasteiger charge is -2.26. The third-order valence-electron chi connectivity index (χ3n) is 4.25. The van der Waals surface area contributed by atoms with Gasteiger partial charge in [0.1, 0.15) is 11.5 Å². The molecular formula is C18H23N3O6S. The first-order valence-electron chi connectivity index (χ1n) is 8.99. The van der Waals surface area contributed by atoms with Gasteiger partial charge in [-0.25, -0.2) is 8.42 Å². The van der Waals surface area contributed by atoms with Crippen LogP contribution in [0.3, 0.4) is 0 Å². The molecule has 1 aliphatic heterocycles. The first-order valence-corrected chi connectivity index (χ1v) is 10.4. The van der Waals surface area contributed by atoms with Crippen molar-refractivity contribution in [2.45, 2.75) is 31.3 Å². The van der Waals surface area contributed by atoms with Gasteiger partial charge >= 0.3 is 0 Å². The van der Waals surface area contributed by atoms with Crippen LogP contribution in [0.1, 0.15) is 19.1 Å². The van der Waals surface area contributed by atoms with Crippen molar-refractivity contribution >= 4 is 21.7 Å². The molecule has 10 heteroatoms. The van der Waals surface area contributed by atoms with Crippen molar-refractivity contribution in [3.63, 3.8) is 0 Å². The topological polar surface area (TPSA) is 111 Å². The number of carbonyl (C=O) groups is 1. The van der Waals surface area contributed by atoms with Crippen molar-refractivity contribution in [3.05, 3.63) is 36.1 Å². The Morgan fingerprint density at radius 2 is 1.96 bits per heavy atom. The number of nitrogens with zero attached hydrogens (tertiary/aromatic N) is 2. The molecule has 2 heterocycles. The van der Waals surface area contributed by atoms with Gasteiger partial charge in [0, 0.05) is 19.2 Å². The molecule has 28 heavy (non-hydrogen) atoms. The van der Waals surface area contributed by atoms with Crippen molar-refractivity contribution in [2.75, 3.05) is 31.6 Å². The van der Waals surface area contributed by atoms with E-state index >= 15 is 0 Å². The van der Waals surface area contributed by atoms with Crippen molar-refractivity contribution < 1.29 is 27.2 Å². The summed E-state index contributed by atoms with van der Waals surface area (Å²) < 4.78 is 42.5. The molecule has 1 fully saturated rings. The number of hydrogen-bond acceptors (Lipinski definition) is 7. The predicted octanol–water partition coefficient (Wildman–Crippen LogP) is 1.80. The monoisotopic (exact) mass is 409 g/mol. The van der Waals surface area contributed by atoms with Crippen molar-refractivity contribution in [2.24, 2.45) is 0 Å². The Labute approximate surface area is 163 Å². The lowest BCUT2D eigenvalue weighted by molar-refractivity contribution is -0.122. The van der Waals surface area contributed by atoms with E-state index in [1.165, 1.54) is 16.4 Å². The van der Waals surface area contributed by atoms with Crippen LogP contribution in [0.4, 0.5) is 5.82 Å². The molecule has 0 radical (unpaired) electrons. The van der Waals surface area contributed by atoms with Gasteiger partial charge in [-0.3, -0.25) is 4.79 Å². The molecule has 0 saturated carbocycles. The van der Waals surface area contributed by atoms with Gasteiger partial charge in [-0.05, 0) is 37.6 Å². The summed E-state index contributed by atoms with van der Waals surface area (Å²) in [6.07, 6.45) is -0.324. The Morgan fingerprint density at radius 3 is 2.54 bits per heavy atom. The molecule has 1 unspecified atom stereocenters. The number of anilines is 1. The van der Waals surface area contributed by atoms with Gasteiger partial charge in [0.15, 0.2) is 11.9 Å². The first kappa shape index (κ1) is 20.3. The number of sulfonamides is 1. The summed E-state index contributed by atoms with van der Waals surface area (Å²) in [5.41, 5.74) is 0. The van der Waals surface area contributed by atoms with Gasteiger partial charge < -0.3 is 19.3 Å². The number of amides is 1. The van der Waals surface area contributed by atoms with Crippen molar-refractivity contribution in [1.82, 2.24) is 9.46 Å². The quantitative estimate of drug-likeness (QED) is 0.742. The second kappa shape index (κ2) is 8.72. The van der Waals surface area contributed by atoms with E-state index in [0.717, 1.165) is 0 Å². The second-order valence-electron chi connectivity index (χ2n) is 6.31. The third kappa shape index (κ3) is 4.70. The Bertz CT molecular complexity index is 904. The summed E-state index contributed by atoms with van der Waals surface area (Å²) in [6.45, 7) is 4.98. The van der Waals surface area contributed by atoms with Crippen LogP contribution in [0.5, 0.6) is 5.75 Å². The second-order valence-corrected chi connectivity index (χ2v) is 8.25. The van der Waals surface area contributed by atoms with E-state index in [9.17, 15) is 13.2 Å². The van der Waals surface area contributed by atoms with Crippen LogP contribution < -0.4 is 10.1 Å². The third-order valence-corrected chi connectivity index (χ3v) is 6.17. The molecular weight excluding hydrogens is 386 g/mol. The number of aromatic nitrogens is 1. The zero-order chi connectivity index (χ0) is 20.1. The summed E-state index contributed by atoms with van der Waals surface area (Å²) in [6, 6.07) is 7.65. The number of hydrogen-bond donors (Lipinski definition) is 1. The highest BCUT2D eigenvalue weighted by atomic mass is 32.2. The van der Waals surface area contributed by atoms with Gasteiger partial charge in [0.25, 0.3) is 5.91 Å². The summed E-state index contributed by atoms with van der Waals surface area (Å²) >= 11 is 0. The molecule has 2 aromatic rings. The van der Waals surface area contributed by atoms with E-state index in [1.807, 2.05) is 6.92 Å². The molecule has 3 rings (SSSR count). The highest BCUT2D eigenvalue weighted by molar-refractivity contribution is 7.89. The molecule has 1 saturated heterocycles. The maximum Gasteiger partial charge on any atom is 0.266 e. The van der Waals surface area contributed by atoms with Gasteiger partial charge in [0.2, 0.25) is 10.0 Å². The van der Waals surface area contributed by atoms with Crippen LogP contribution in [0, 0.1) is 6.92 Å². The van der Waals surface area contributed by atoms with Gasteiger partial charge in [-0.1, -0.05) is 12.1 Å². The van der Waals surface area contributed by atoms with E-state index < -0.39 is 16.1 Å². The zero-order valence-electron chi connectivity index (χ0n) is 15.8. The number of rotatable bonds is 7. The lowest BCUT2D eigenvalue weighted by atomic mass is 10.2. The number of carbonyl (C=O) groups excluding carboxylic acids is 1. The van der Waals surface area contributed by atoms with Crippen molar-refractivity contribution in [3.8, 4) is 5.75 Å². The molecule has 1 aromatic carbocycles. The Morgan fingerprint density at radius 1 is 1.29 bits per heavy atom. The fourth-order valence-electron chi connectivity index (χ4n) is 2.74. The maximum absolute atomic E-state index is 12.6. The van der Waals surface area contributed by atoms with Crippen LogP contribution in [-0.2, 0) is 19.6 Å². The Hall–Kier alpha value is -2.43. The molecule has 1 atom stereocenters. The van der Waals surface area contributed by atoms with E-state index in [1.54, 1.807) is 25.1 Å². The number of aryl methyl sites for hydroxylation is 1. The van der Waals surface area contributed by atoms with Crippen molar-refractivity contribution in [1.29, 1.82) is 0 Å². The number of benzene rings is 1. The smallest absolute Gasteiger partial charge is 0.266 e. The number of ether oxygens (including phenoxy) is 2. The molecule has 152 valence electrons. The first-order chi connectivity index (χ1) is 13.4. The van der Waals surface area contributed by atoms with E-state index in [4.69, 9.17) is 14.0 Å². The van der Waals surface area contributed by atoms with Crippen LogP contribution in [0.2, 0.25) is 0 Å². The van der Waals surface area contributed by atoms with Crippen LogP contribution >= 0.6 is 0 Å². The Kier molecular flexibility index (Phi) is 6.32. The molecule has 0 aliphatic carbocycles. The average molecular weight is 409 g/mol. The van der Waals surface area contributed by atoms with Crippen LogP contribution in [0.25, 0.3) is 0 Å². The summed E-state index contributed by atoms with van der Waals surface area (Å²) in [7, 11) is -3.57. The molecule has 1 aliphatic rings. The van der Waals surface area contributed by atoms with E-state index in [-0.39, 0.29) is 10.8 Å². The summed E-state index contributed by atoms with van der Waals surface area (Å²) in [4.78, 5) is 12.5. The summed E-state index contributed by atoms with van der Waals surface area (Å²) in [5.74, 6) is 0.943. The maximum atomic E-state index is 12.6. The molecule has 9 nitrogen and oxygen atoms in total. The van der Waals surface area contributed by atoms with Crippen LogP contribution in [-0.4, -0.2) is 56.2 Å².